The number of hydrogen-bond acceptors (Lipinski definition) is 7. The molecule has 0 aliphatic carbocycles. The number of carbonyl (C=O) groups excluding carboxylic acids is 2. The van der Waals surface area contributed by atoms with Crippen molar-refractivity contribution in [1.82, 2.24) is 5.32 Å². The third kappa shape index (κ3) is 57.2. The lowest BCUT2D eigenvalue weighted by Crippen LogP contribution is -2.47. The zero-order valence-electron chi connectivity index (χ0n) is 50.4. The summed E-state index contributed by atoms with van der Waals surface area (Å²) < 4.78 is 30.3. The summed E-state index contributed by atoms with van der Waals surface area (Å²) in [5, 5.41) is 3.02. The van der Waals surface area contributed by atoms with Gasteiger partial charge in [-0.2, -0.15) is 0 Å². The molecule has 0 radical (unpaired) electrons. The van der Waals surface area contributed by atoms with Crippen molar-refractivity contribution in [2.45, 2.75) is 264 Å². The van der Waals surface area contributed by atoms with Crippen LogP contribution in [0.2, 0.25) is 0 Å². The number of nitrogens with zero attached hydrogens (tertiary/aromatic N) is 1. The third-order valence-electron chi connectivity index (χ3n) is 13.2. The number of ether oxygens (including phenoxy) is 1. The van der Waals surface area contributed by atoms with Gasteiger partial charge in [0.05, 0.1) is 33.8 Å². The molecule has 0 rings (SSSR count). The van der Waals surface area contributed by atoms with E-state index in [1.165, 1.54) is 70.6 Å². The lowest BCUT2D eigenvalue weighted by atomic mass is 10.0. The van der Waals surface area contributed by atoms with E-state index in [9.17, 15) is 19.0 Å². The van der Waals surface area contributed by atoms with Crippen LogP contribution in [0.25, 0.3) is 0 Å². The Morgan fingerprint density at radius 2 is 0.831 bits per heavy atom. The molecule has 0 saturated heterocycles. The molecule has 9 nitrogen and oxygen atoms in total. The number of nitrogens with one attached hydrogen (secondary N) is 1. The second-order valence-corrected chi connectivity index (χ2v) is 23.2. The Bertz CT molecular complexity index is 1690. The maximum absolute atomic E-state index is 13.5. The molecule has 442 valence electrons. The molecule has 10 heteroatoms. The van der Waals surface area contributed by atoms with Crippen molar-refractivity contribution >= 4 is 19.7 Å². The SMILES string of the molecule is CC/C=C\C/C=C\C/C=C\C/C=C\C/C=C\C/C=C\CCCCCCCCC(=O)OC(/C=C\CCCCCCCCCCCC)C(COP(=O)([O-])OCC[N+](C)(C)C)NC(=O)CCCCCCCCC/C=C/C/C=C/CC. The first-order valence-corrected chi connectivity index (χ1v) is 32.7. The molecule has 0 fully saturated rings. The summed E-state index contributed by atoms with van der Waals surface area (Å²) in [5.41, 5.74) is 0. The van der Waals surface area contributed by atoms with E-state index < -0.39 is 26.6 Å². The zero-order chi connectivity index (χ0) is 56.4. The summed E-state index contributed by atoms with van der Waals surface area (Å²) in [5.74, 6) is -0.573. The summed E-state index contributed by atoms with van der Waals surface area (Å²) >= 11 is 0. The van der Waals surface area contributed by atoms with Gasteiger partial charge >= 0.3 is 5.97 Å². The van der Waals surface area contributed by atoms with Crippen LogP contribution in [0.3, 0.4) is 0 Å². The molecule has 3 atom stereocenters. The number of unbranched alkanes of at least 4 members (excludes halogenated alkanes) is 23. The van der Waals surface area contributed by atoms with Crippen LogP contribution in [0.5, 0.6) is 0 Å². The number of phosphoric ester groups is 1. The standard InChI is InChI=1S/C67H117N2O7P/c1-7-10-13-16-19-22-25-28-30-31-32-33-34-35-36-37-38-39-40-42-45-48-51-54-57-60-67(71)76-65(58-55-52-49-46-43-27-24-21-18-15-12-9-3)64(63-75-77(72,73)74-62-61-69(4,5)6)68-66(70)59-56-53-50-47-44-41-29-26-23-20-17-14-11-8-2/h10-11,13-14,19-20,22-23,28,30,32-33,35-36,38-39,55,58,64-65H,7-9,12,15-18,21,24-27,29,31,34,37,40-54,56-57,59-63H2,1-6H3,(H-,68,70,72,73)/b13-10-,14-11+,22-19-,23-20+,30-28-,33-32-,36-35-,39-38-,58-55-. The van der Waals surface area contributed by atoms with Gasteiger partial charge in [0.25, 0.3) is 7.82 Å². The van der Waals surface area contributed by atoms with Gasteiger partial charge < -0.3 is 28.5 Å². The zero-order valence-corrected chi connectivity index (χ0v) is 51.3. The fourth-order valence-corrected chi connectivity index (χ4v) is 9.17. The molecule has 1 N–H and O–H groups in total. The third-order valence-corrected chi connectivity index (χ3v) is 14.2. The number of phosphoric acid groups is 1. The van der Waals surface area contributed by atoms with Gasteiger partial charge in [-0.1, -0.05) is 240 Å². The maximum Gasteiger partial charge on any atom is 0.306 e. The van der Waals surface area contributed by atoms with Crippen LogP contribution < -0.4 is 10.2 Å². The first-order valence-electron chi connectivity index (χ1n) is 31.2. The van der Waals surface area contributed by atoms with Crippen LogP contribution in [0.4, 0.5) is 0 Å². The first kappa shape index (κ1) is 73.7. The summed E-state index contributed by atoms with van der Waals surface area (Å²) in [4.78, 5) is 40.0. The number of rotatable bonds is 55. The van der Waals surface area contributed by atoms with Gasteiger partial charge in [0.1, 0.15) is 19.3 Å². The Labute approximate surface area is 474 Å². The second-order valence-electron chi connectivity index (χ2n) is 21.8. The van der Waals surface area contributed by atoms with E-state index in [1.807, 2.05) is 33.3 Å². The summed E-state index contributed by atoms with van der Waals surface area (Å²) in [6.45, 7) is 6.59. The maximum atomic E-state index is 13.5. The van der Waals surface area contributed by atoms with Crippen molar-refractivity contribution < 1.29 is 37.3 Å². The summed E-state index contributed by atoms with van der Waals surface area (Å²) in [7, 11) is 1.16. The van der Waals surface area contributed by atoms with Gasteiger partial charge in [-0.3, -0.25) is 14.2 Å². The van der Waals surface area contributed by atoms with Crippen molar-refractivity contribution in [3.05, 3.63) is 109 Å². The molecule has 0 aromatic carbocycles. The van der Waals surface area contributed by atoms with Gasteiger partial charge in [0, 0.05) is 12.8 Å². The van der Waals surface area contributed by atoms with E-state index in [2.05, 4.69) is 123 Å². The van der Waals surface area contributed by atoms with Crippen molar-refractivity contribution in [2.24, 2.45) is 0 Å². The predicted octanol–water partition coefficient (Wildman–Crippen LogP) is 18.7. The molecule has 3 unspecified atom stereocenters. The van der Waals surface area contributed by atoms with Crippen molar-refractivity contribution in [3.8, 4) is 0 Å². The molecular weight excluding hydrogens is 976 g/mol. The van der Waals surface area contributed by atoms with Crippen molar-refractivity contribution in [1.29, 1.82) is 0 Å². The lowest BCUT2D eigenvalue weighted by Gasteiger charge is -2.30. The van der Waals surface area contributed by atoms with Gasteiger partial charge in [-0.15, -0.1) is 0 Å². The Balaban J connectivity index is 5.22. The highest BCUT2D eigenvalue weighted by atomic mass is 31.2. The molecule has 0 aliphatic rings. The Morgan fingerprint density at radius 3 is 1.25 bits per heavy atom. The molecule has 0 aliphatic heterocycles. The van der Waals surface area contributed by atoms with Crippen LogP contribution in [-0.2, 0) is 27.9 Å². The molecule has 0 bridgehead atoms. The fraction of sp³-hybridized carbons (Fsp3) is 0.701. The lowest BCUT2D eigenvalue weighted by molar-refractivity contribution is -0.870. The normalized spacial score (nSPS) is 14.4. The van der Waals surface area contributed by atoms with Gasteiger partial charge in [0.2, 0.25) is 5.91 Å². The Kier molecular flexibility index (Phi) is 53.5. The number of esters is 1. The molecule has 1 amide bonds. The predicted molar refractivity (Wildman–Crippen MR) is 330 cm³/mol. The molecule has 77 heavy (non-hydrogen) atoms. The number of likely N-dealkylation sites (N-methyl/N-ethyl adjacent to an activating group) is 1. The van der Waals surface area contributed by atoms with E-state index in [0.717, 1.165) is 141 Å². The van der Waals surface area contributed by atoms with Crippen molar-refractivity contribution in [3.63, 3.8) is 0 Å². The minimum Gasteiger partial charge on any atom is -0.756 e. The molecule has 0 aromatic heterocycles. The number of carbonyl (C=O) groups is 2. The minimum atomic E-state index is -4.71. The van der Waals surface area contributed by atoms with Crippen LogP contribution in [0.1, 0.15) is 252 Å². The van der Waals surface area contributed by atoms with Crippen LogP contribution in [-0.4, -0.2) is 69.4 Å². The van der Waals surface area contributed by atoms with E-state index in [-0.39, 0.29) is 24.9 Å². The summed E-state index contributed by atoms with van der Waals surface area (Å²) in [6, 6.07) is -0.905. The topological polar surface area (TPSA) is 114 Å². The average molecular weight is 1090 g/mol. The van der Waals surface area contributed by atoms with E-state index in [4.69, 9.17) is 13.8 Å². The van der Waals surface area contributed by atoms with Crippen LogP contribution in [0, 0.1) is 0 Å². The number of allylic oxidation sites excluding steroid dienone is 17. The Morgan fingerprint density at radius 1 is 0.468 bits per heavy atom. The highest BCUT2D eigenvalue weighted by Gasteiger charge is 2.27. The Hall–Kier alpha value is -3.33. The van der Waals surface area contributed by atoms with Crippen LogP contribution in [0.15, 0.2) is 109 Å². The monoisotopic (exact) mass is 1090 g/mol. The fourth-order valence-electron chi connectivity index (χ4n) is 8.44. The smallest absolute Gasteiger partial charge is 0.306 e. The van der Waals surface area contributed by atoms with E-state index in [0.29, 0.717) is 23.9 Å². The molecule has 0 spiro atoms. The first-order chi connectivity index (χ1) is 37.4. The highest BCUT2D eigenvalue weighted by Crippen LogP contribution is 2.38. The van der Waals surface area contributed by atoms with Gasteiger partial charge in [0.15, 0.2) is 0 Å². The number of hydrogen-bond donors (Lipinski definition) is 1. The van der Waals surface area contributed by atoms with Crippen LogP contribution >= 0.6 is 7.82 Å². The quantitative estimate of drug-likeness (QED) is 0.0212. The molecule has 0 aromatic rings. The molecular formula is C67H117N2O7P. The van der Waals surface area contributed by atoms with E-state index in [1.54, 1.807) is 0 Å². The van der Waals surface area contributed by atoms with Gasteiger partial charge in [-0.05, 0) is 109 Å². The average Bonchev–Trinajstić information content (AvgIpc) is 3.39. The highest BCUT2D eigenvalue weighted by molar-refractivity contribution is 7.45. The van der Waals surface area contributed by atoms with E-state index >= 15 is 0 Å². The van der Waals surface area contributed by atoms with Crippen molar-refractivity contribution in [2.75, 3.05) is 40.9 Å². The number of quaternary nitrogens is 1. The largest absolute Gasteiger partial charge is 0.756 e. The minimum absolute atomic E-state index is 0.0318. The number of amides is 1. The molecule has 0 saturated carbocycles. The second kappa shape index (κ2) is 56.0. The summed E-state index contributed by atoms with van der Waals surface area (Å²) in [6.07, 6.45) is 76.3. The molecule has 0 heterocycles. The van der Waals surface area contributed by atoms with Gasteiger partial charge in [-0.25, -0.2) is 0 Å².